The zero-order chi connectivity index (χ0) is 25.6. The number of imidazole rings is 1. The predicted molar refractivity (Wildman–Crippen MR) is 132 cm³/mol. The Morgan fingerprint density at radius 3 is 2.11 bits per heavy atom. The second kappa shape index (κ2) is 11.0. The third kappa shape index (κ3) is 6.33. The number of likely N-dealkylation sites (N-methyl/N-ethyl adjacent to an activating group) is 1. The van der Waals surface area contributed by atoms with Gasteiger partial charge in [-0.05, 0) is 16.5 Å². The van der Waals surface area contributed by atoms with E-state index >= 15 is 0 Å². The molecule has 3 aromatic rings. The fourth-order valence-electron chi connectivity index (χ4n) is 3.73. The molecule has 1 heterocycles. The summed E-state index contributed by atoms with van der Waals surface area (Å²) >= 11 is 0. The summed E-state index contributed by atoms with van der Waals surface area (Å²) in [6, 6.07) is 16.0. The van der Waals surface area contributed by atoms with Crippen LogP contribution in [0.2, 0.25) is 0 Å². The first kappa shape index (κ1) is 25.6. The number of aromatic nitrogens is 2. The van der Waals surface area contributed by atoms with Crippen LogP contribution in [0.3, 0.4) is 0 Å². The van der Waals surface area contributed by atoms with Crippen LogP contribution in [0.5, 0.6) is 0 Å². The van der Waals surface area contributed by atoms with Crippen LogP contribution < -0.4 is 16.1 Å². The molecule has 1 unspecified atom stereocenters. The highest BCUT2D eigenvalue weighted by atomic mass is 16.5. The molecule has 9 nitrogen and oxygen atoms in total. The SMILES string of the molecule is CNC(=O)[C@@H](NC(=O)C(CC(=O)NO)n1cnc(-c2ccc(-c3ccccc3)cc2)c1)C(C)(C)C. The van der Waals surface area contributed by atoms with Crippen LogP contribution in [0.15, 0.2) is 67.1 Å². The van der Waals surface area contributed by atoms with Gasteiger partial charge in [0.1, 0.15) is 12.1 Å². The van der Waals surface area contributed by atoms with Crippen molar-refractivity contribution in [1.82, 2.24) is 25.7 Å². The maximum absolute atomic E-state index is 13.2. The Morgan fingerprint density at radius 1 is 0.943 bits per heavy atom. The lowest BCUT2D eigenvalue weighted by Crippen LogP contribution is -2.54. The third-order valence-corrected chi connectivity index (χ3v) is 5.72. The minimum atomic E-state index is -1.03. The molecule has 35 heavy (non-hydrogen) atoms. The van der Waals surface area contributed by atoms with E-state index in [1.165, 1.54) is 17.9 Å². The van der Waals surface area contributed by atoms with Crippen molar-refractivity contribution in [2.24, 2.45) is 5.41 Å². The van der Waals surface area contributed by atoms with Gasteiger partial charge in [-0.2, -0.15) is 0 Å². The van der Waals surface area contributed by atoms with Gasteiger partial charge in [-0.3, -0.25) is 19.6 Å². The van der Waals surface area contributed by atoms with E-state index in [1.807, 2.05) is 75.4 Å². The monoisotopic (exact) mass is 477 g/mol. The molecule has 0 aliphatic carbocycles. The van der Waals surface area contributed by atoms with E-state index in [1.54, 1.807) is 11.7 Å². The molecule has 2 atom stereocenters. The molecular weight excluding hydrogens is 446 g/mol. The van der Waals surface area contributed by atoms with Gasteiger partial charge in [0.05, 0.1) is 18.4 Å². The molecule has 0 saturated heterocycles. The first-order chi connectivity index (χ1) is 16.6. The Morgan fingerprint density at radius 2 is 1.54 bits per heavy atom. The van der Waals surface area contributed by atoms with E-state index in [2.05, 4.69) is 15.6 Å². The van der Waals surface area contributed by atoms with Crippen molar-refractivity contribution in [3.05, 3.63) is 67.1 Å². The summed E-state index contributed by atoms with van der Waals surface area (Å²) in [4.78, 5) is 42.0. The number of nitrogens with zero attached hydrogens (tertiary/aromatic N) is 2. The summed E-state index contributed by atoms with van der Waals surface area (Å²) in [5.41, 5.74) is 4.61. The molecule has 0 saturated carbocycles. The summed E-state index contributed by atoms with van der Waals surface area (Å²) < 4.78 is 1.51. The number of carbonyl (C=O) groups is 3. The molecular formula is C26H31N5O4. The second-order valence-corrected chi connectivity index (χ2v) is 9.33. The maximum Gasteiger partial charge on any atom is 0.245 e. The third-order valence-electron chi connectivity index (χ3n) is 5.72. The molecule has 0 spiro atoms. The highest BCUT2D eigenvalue weighted by Gasteiger charge is 2.35. The van der Waals surface area contributed by atoms with Gasteiger partial charge >= 0.3 is 0 Å². The van der Waals surface area contributed by atoms with Crippen LogP contribution in [0.25, 0.3) is 22.4 Å². The Bertz CT molecular complexity index is 1170. The summed E-state index contributed by atoms with van der Waals surface area (Å²) in [7, 11) is 1.50. The van der Waals surface area contributed by atoms with Gasteiger partial charge in [0, 0.05) is 18.8 Å². The second-order valence-electron chi connectivity index (χ2n) is 9.33. The van der Waals surface area contributed by atoms with Crippen LogP contribution >= 0.6 is 0 Å². The van der Waals surface area contributed by atoms with Crippen LogP contribution in [0.4, 0.5) is 0 Å². The van der Waals surface area contributed by atoms with Crippen molar-refractivity contribution in [2.45, 2.75) is 39.3 Å². The molecule has 2 aromatic carbocycles. The van der Waals surface area contributed by atoms with E-state index in [9.17, 15) is 14.4 Å². The fraction of sp³-hybridized carbons (Fsp3) is 0.308. The van der Waals surface area contributed by atoms with Crippen LogP contribution in [0.1, 0.15) is 33.2 Å². The lowest BCUT2D eigenvalue weighted by molar-refractivity contribution is -0.136. The summed E-state index contributed by atoms with van der Waals surface area (Å²) in [5.74, 6) is -1.62. The average molecular weight is 478 g/mol. The number of benzene rings is 2. The van der Waals surface area contributed by atoms with Gasteiger partial charge in [-0.15, -0.1) is 0 Å². The van der Waals surface area contributed by atoms with Crippen molar-refractivity contribution in [1.29, 1.82) is 0 Å². The van der Waals surface area contributed by atoms with Crippen molar-refractivity contribution in [3.63, 3.8) is 0 Å². The Labute approximate surface area is 204 Å². The van der Waals surface area contributed by atoms with Crippen LogP contribution in [-0.4, -0.2) is 45.6 Å². The molecule has 0 aliphatic heterocycles. The lowest BCUT2D eigenvalue weighted by Gasteiger charge is -2.31. The quantitative estimate of drug-likeness (QED) is 0.293. The number of hydrogen-bond donors (Lipinski definition) is 4. The first-order valence-electron chi connectivity index (χ1n) is 11.3. The summed E-state index contributed by atoms with van der Waals surface area (Å²) in [6.07, 6.45) is 2.79. The predicted octanol–water partition coefficient (Wildman–Crippen LogP) is 2.93. The van der Waals surface area contributed by atoms with E-state index in [4.69, 9.17) is 5.21 Å². The molecule has 0 fully saturated rings. The number of amides is 3. The van der Waals surface area contributed by atoms with E-state index in [0.717, 1.165) is 16.7 Å². The van der Waals surface area contributed by atoms with E-state index < -0.39 is 29.3 Å². The topological polar surface area (TPSA) is 125 Å². The Kier molecular flexibility index (Phi) is 8.03. The smallest absolute Gasteiger partial charge is 0.245 e. The number of rotatable bonds is 8. The molecule has 0 bridgehead atoms. The van der Waals surface area contributed by atoms with Gasteiger partial charge < -0.3 is 15.2 Å². The largest absolute Gasteiger partial charge is 0.357 e. The van der Waals surface area contributed by atoms with Crippen molar-refractivity contribution >= 4 is 17.7 Å². The zero-order valence-corrected chi connectivity index (χ0v) is 20.3. The van der Waals surface area contributed by atoms with Crippen molar-refractivity contribution < 1.29 is 19.6 Å². The molecule has 4 N–H and O–H groups in total. The van der Waals surface area contributed by atoms with Gasteiger partial charge in [-0.25, -0.2) is 10.5 Å². The molecule has 3 amide bonds. The van der Waals surface area contributed by atoms with Crippen LogP contribution in [-0.2, 0) is 14.4 Å². The summed E-state index contributed by atoms with van der Waals surface area (Å²) in [6.45, 7) is 5.49. The Hall–Kier alpha value is -3.98. The van der Waals surface area contributed by atoms with Gasteiger partial charge in [0.25, 0.3) is 0 Å². The first-order valence-corrected chi connectivity index (χ1v) is 11.3. The van der Waals surface area contributed by atoms with E-state index in [-0.39, 0.29) is 12.3 Å². The number of hydroxylamine groups is 1. The molecule has 1 aromatic heterocycles. The molecule has 0 aliphatic rings. The average Bonchev–Trinajstić information content (AvgIpc) is 3.35. The van der Waals surface area contributed by atoms with Gasteiger partial charge in [0.2, 0.25) is 17.7 Å². The lowest BCUT2D eigenvalue weighted by atomic mass is 9.86. The van der Waals surface area contributed by atoms with Crippen molar-refractivity contribution in [3.8, 4) is 22.4 Å². The number of nitrogens with one attached hydrogen (secondary N) is 3. The highest BCUT2D eigenvalue weighted by Crippen LogP contribution is 2.26. The van der Waals surface area contributed by atoms with Crippen molar-refractivity contribution in [2.75, 3.05) is 7.05 Å². The molecule has 9 heteroatoms. The zero-order valence-electron chi connectivity index (χ0n) is 20.3. The minimum Gasteiger partial charge on any atom is -0.357 e. The van der Waals surface area contributed by atoms with Gasteiger partial charge in [-0.1, -0.05) is 75.4 Å². The summed E-state index contributed by atoms with van der Waals surface area (Å²) in [5, 5.41) is 14.3. The van der Waals surface area contributed by atoms with E-state index in [0.29, 0.717) is 5.69 Å². The van der Waals surface area contributed by atoms with Crippen LogP contribution in [0, 0.1) is 5.41 Å². The molecule has 0 radical (unpaired) electrons. The highest BCUT2D eigenvalue weighted by molar-refractivity contribution is 5.91. The Balaban J connectivity index is 1.86. The number of hydrogen-bond acceptors (Lipinski definition) is 5. The van der Waals surface area contributed by atoms with Gasteiger partial charge in [0.15, 0.2) is 0 Å². The fourth-order valence-corrected chi connectivity index (χ4v) is 3.73. The normalized spacial score (nSPS) is 12.9. The maximum atomic E-state index is 13.2. The number of carbonyl (C=O) groups excluding carboxylic acids is 3. The minimum absolute atomic E-state index is 0.338. The standard InChI is InChI=1S/C26H31N5O4/c1-26(2,3)23(25(34)27-4)29-24(33)21(14-22(32)30-35)31-15-20(28-16-31)19-12-10-18(11-13-19)17-8-6-5-7-9-17/h5-13,15-16,21,23,35H,14H2,1-4H3,(H,27,34)(H,29,33)(H,30,32)/t21?,23-/m1/s1. The molecule has 3 rings (SSSR count). The molecule has 184 valence electrons.